The van der Waals surface area contributed by atoms with Crippen LogP contribution in [-0.4, -0.2) is 28.9 Å². The Bertz CT molecular complexity index is 844. The second kappa shape index (κ2) is 11.2. The van der Waals surface area contributed by atoms with Gasteiger partial charge in [0.2, 0.25) is 0 Å². The van der Waals surface area contributed by atoms with Gasteiger partial charge in [-0.05, 0) is 63.3 Å². The van der Waals surface area contributed by atoms with Crippen LogP contribution in [0.1, 0.15) is 51.1 Å². The van der Waals surface area contributed by atoms with Gasteiger partial charge in [0.15, 0.2) is 5.49 Å². The molecule has 6 nitrogen and oxygen atoms in total. The first-order valence-electron chi connectivity index (χ1n) is 9.90. The lowest BCUT2D eigenvalue weighted by atomic mass is 9.98. The molecule has 0 spiro atoms. The molecule has 1 aliphatic rings. The molecular formula is C22H29N3O3. The molecule has 2 aromatic rings. The molecule has 28 heavy (non-hydrogen) atoms. The molecule has 150 valence electrons. The molecule has 1 fully saturated rings. The van der Waals surface area contributed by atoms with Crippen molar-refractivity contribution in [3.05, 3.63) is 41.6 Å². The first-order valence-corrected chi connectivity index (χ1v) is 9.90. The van der Waals surface area contributed by atoms with Crippen LogP contribution in [-0.2, 0) is 16.1 Å². The first kappa shape index (κ1) is 21.6. The minimum absolute atomic E-state index is 0.250. The Balaban J connectivity index is 0.000000878. The summed E-state index contributed by atoms with van der Waals surface area (Å²) in [6.45, 7) is 5.17. The van der Waals surface area contributed by atoms with Gasteiger partial charge >= 0.3 is 6.15 Å². The summed E-state index contributed by atoms with van der Waals surface area (Å²) in [5, 5.41) is 0. The Morgan fingerprint density at radius 1 is 1.18 bits per heavy atom. The first-order chi connectivity index (χ1) is 13.6. The number of hydrogen-bond acceptors (Lipinski definition) is 5. The highest BCUT2D eigenvalue weighted by Crippen LogP contribution is 2.25. The number of aryl methyl sites for hydroxylation is 2. The van der Waals surface area contributed by atoms with Crippen LogP contribution in [0.2, 0.25) is 0 Å². The molecule has 0 aliphatic heterocycles. The van der Waals surface area contributed by atoms with E-state index >= 15 is 0 Å². The van der Waals surface area contributed by atoms with Crippen LogP contribution in [0.25, 0.3) is 11.3 Å². The van der Waals surface area contributed by atoms with E-state index in [9.17, 15) is 0 Å². The van der Waals surface area contributed by atoms with Crippen molar-refractivity contribution in [1.82, 2.24) is 9.55 Å². The molecule has 0 radical (unpaired) electrons. The summed E-state index contributed by atoms with van der Waals surface area (Å²) in [5.41, 5.74) is 3.98. The zero-order valence-electron chi connectivity index (χ0n) is 17.0. The Kier molecular flexibility index (Phi) is 8.63. The number of rotatable bonds is 5. The number of aromatic nitrogens is 2. The quantitative estimate of drug-likeness (QED) is 0.784. The SMILES string of the molecule is CCCn1cc(C)nc(-c2ccc(OC3CCCCC3)cc2)c1=NC.O=C=O. The van der Waals surface area contributed by atoms with Gasteiger partial charge in [-0.15, -0.1) is 0 Å². The van der Waals surface area contributed by atoms with E-state index in [0.717, 1.165) is 41.2 Å². The van der Waals surface area contributed by atoms with E-state index in [1.54, 1.807) is 0 Å². The molecule has 0 bridgehead atoms. The average Bonchev–Trinajstić information content (AvgIpc) is 2.70. The lowest BCUT2D eigenvalue weighted by Gasteiger charge is -2.23. The van der Waals surface area contributed by atoms with Crippen LogP contribution in [0, 0.1) is 6.92 Å². The van der Waals surface area contributed by atoms with E-state index in [4.69, 9.17) is 19.3 Å². The van der Waals surface area contributed by atoms with Gasteiger partial charge in [-0.1, -0.05) is 13.3 Å². The Hall–Kier alpha value is -2.72. The zero-order chi connectivity index (χ0) is 20.4. The minimum atomic E-state index is 0.250. The van der Waals surface area contributed by atoms with Gasteiger partial charge < -0.3 is 9.30 Å². The normalized spacial score (nSPS) is 14.8. The van der Waals surface area contributed by atoms with Crippen molar-refractivity contribution in [2.45, 2.75) is 65.0 Å². The maximum Gasteiger partial charge on any atom is 0.373 e. The Morgan fingerprint density at radius 2 is 1.82 bits per heavy atom. The molecule has 1 aromatic carbocycles. The average molecular weight is 383 g/mol. The van der Waals surface area contributed by atoms with Crippen molar-refractivity contribution in [2.75, 3.05) is 7.05 Å². The third kappa shape index (κ3) is 5.89. The minimum Gasteiger partial charge on any atom is -0.490 e. The van der Waals surface area contributed by atoms with Crippen LogP contribution in [0.3, 0.4) is 0 Å². The fraction of sp³-hybridized carbons (Fsp3) is 0.500. The Morgan fingerprint density at radius 3 is 2.39 bits per heavy atom. The number of ether oxygens (including phenoxy) is 1. The van der Waals surface area contributed by atoms with Gasteiger partial charge in [0.05, 0.1) is 11.8 Å². The molecule has 0 N–H and O–H groups in total. The van der Waals surface area contributed by atoms with E-state index < -0.39 is 0 Å². The van der Waals surface area contributed by atoms with Gasteiger partial charge in [-0.3, -0.25) is 4.99 Å². The van der Waals surface area contributed by atoms with Crippen molar-refractivity contribution < 1.29 is 14.3 Å². The molecule has 1 heterocycles. The van der Waals surface area contributed by atoms with Gasteiger partial charge in [0.25, 0.3) is 0 Å². The molecule has 1 aliphatic carbocycles. The molecule has 0 atom stereocenters. The highest BCUT2D eigenvalue weighted by Gasteiger charge is 2.15. The van der Waals surface area contributed by atoms with Gasteiger partial charge in [0.1, 0.15) is 11.4 Å². The van der Waals surface area contributed by atoms with Crippen molar-refractivity contribution >= 4 is 6.15 Å². The molecule has 0 saturated heterocycles. The smallest absolute Gasteiger partial charge is 0.373 e. The molecule has 0 unspecified atom stereocenters. The summed E-state index contributed by atoms with van der Waals surface area (Å²) in [6.07, 6.45) is 10.1. The van der Waals surface area contributed by atoms with Crippen LogP contribution < -0.4 is 10.2 Å². The molecule has 6 heteroatoms. The summed E-state index contributed by atoms with van der Waals surface area (Å²) in [7, 11) is 1.84. The maximum absolute atomic E-state index is 8.12. The van der Waals surface area contributed by atoms with Gasteiger partial charge in [-0.2, -0.15) is 9.59 Å². The molecule has 1 aromatic heterocycles. The monoisotopic (exact) mass is 383 g/mol. The fourth-order valence-corrected chi connectivity index (χ4v) is 3.58. The second-order valence-electron chi connectivity index (χ2n) is 6.96. The lowest BCUT2D eigenvalue weighted by molar-refractivity contribution is -0.191. The number of hydrogen-bond donors (Lipinski definition) is 0. The van der Waals surface area contributed by atoms with E-state index in [1.807, 2.05) is 14.0 Å². The fourth-order valence-electron chi connectivity index (χ4n) is 3.58. The third-order valence-corrected chi connectivity index (χ3v) is 4.77. The number of nitrogens with zero attached hydrogens (tertiary/aromatic N) is 3. The van der Waals surface area contributed by atoms with Crippen molar-refractivity contribution in [3.8, 4) is 17.0 Å². The van der Waals surface area contributed by atoms with E-state index in [0.29, 0.717) is 6.10 Å². The van der Waals surface area contributed by atoms with Gasteiger partial charge in [0, 0.05) is 25.4 Å². The predicted molar refractivity (Wildman–Crippen MR) is 107 cm³/mol. The molecule has 3 rings (SSSR count). The summed E-state index contributed by atoms with van der Waals surface area (Å²) in [4.78, 5) is 25.5. The summed E-state index contributed by atoms with van der Waals surface area (Å²) in [6, 6.07) is 8.34. The molecule has 0 amide bonds. The van der Waals surface area contributed by atoms with Crippen LogP contribution >= 0.6 is 0 Å². The summed E-state index contributed by atoms with van der Waals surface area (Å²) < 4.78 is 8.34. The highest BCUT2D eigenvalue weighted by atomic mass is 16.5. The van der Waals surface area contributed by atoms with Crippen LogP contribution in [0.4, 0.5) is 0 Å². The van der Waals surface area contributed by atoms with Crippen molar-refractivity contribution in [3.63, 3.8) is 0 Å². The summed E-state index contributed by atoms with van der Waals surface area (Å²) >= 11 is 0. The largest absolute Gasteiger partial charge is 0.490 e. The topological polar surface area (TPSA) is 73.5 Å². The standard InChI is InChI=1S/C21H29N3O.CO2/c1-4-14-24-15-16(2)23-20(21(24)22-3)17-10-12-19(13-11-17)25-18-8-6-5-7-9-18;2-1-3/h10-13,15,18H,4-9,14H2,1-3H3;. The maximum atomic E-state index is 8.12. The van der Waals surface area contributed by atoms with Crippen molar-refractivity contribution in [2.24, 2.45) is 4.99 Å². The number of benzene rings is 1. The molecular weight excluding hydrogens is 354 g/mol. The van der Waals surface area contributed by atoms with Crippen LogP contribution in [0.5, 0.6) is 5.75 Å². The molecule has 1 saturated carbocycles. The second-order valence-corrected chi connectivity index (χ2v) is 6.96. The lowest BCUT2D eigenvalue weighted by Crippen LogP contribution is -2.25. The van der Waals surface area contributed by atoms with E-state index in [1.165, 1.54) is 32.1 Å². The number of carbonyl (C=O) groups excluding carboxylic acids is 2. The van der Waals surface area contributed by atoms with E-state index in [-0.39, 0.29) is 6.15 Å². The summed E-state index contributed by atoms with van der Waals surface area (Å²) in [5.74, 6) is 0.958. The van der Waals surface area contributed by atoms with Crippen LogP contribution in [0.15, 0.2) is 35.5 Å². The predicted octanol–water partition coefficient (Wildman–Crippen LogP) is 3.93. The van der Waals surface area contributed by atoms with Crippen molar-refractivity contribution in [1.29, 1.82) is 0 Å². The third-order valence-electron chi connectivity index (χ3n) is 4.77. The zero-order valence-corrected chi connectivity index (χ0v) is 17.0. The van der Waals surface area contributed by atoms with Gasteiger partial charge in [-0.25, -0.2) is 4.98 Å². The van der Waals surface area contributed by atoms with E-state index in [2.05, 4.69) is 46.9 Å². The Labute approximate surface area is 166 Å². The highest BCUT2D eigenvalue weighted by molar-refractivity contribution is 5.59.